The highest BCUT2D eigenvalue weighted by Gasteiger charge is 2.38. The molecule has 0 bridgehead atoms. The summed E-state index contributed by atoms with van der Waals surface area (Å²) in [4.78, 5) is 2.45. The second kappa shape index (κ2) is 14.9. The van der Waals surface area contributed by atoms with Gasteiger partial charge in [-0.05, 0) is 162 Å². The lowest BCUT2D eigenvalue weighted by atomic mass is 9.81. The van der Waals surface area contributed by atoms with Gasteiger partial charge in [-0.1, -0.05) is 187 Å². The van der Waals surface area contributed by atoms with Crippen LogP contribution >= 0.6 is 0 Å². The van der Waals surface area contributed by atoms with Crippen molar-refractivity contribution in [2.75, 3.05) is 4.90 Å². The number of fused-ring (bicyclic) bond motifs is 12. The molecule has 3 aliphatic rings. The van der Waals surface area contributed by atoms with Gasteiger partial charge in [0.15, 0.2) is 0 Å². The summed E-state index contributed by atoms with van der Waals surface area (Å²) in [5.74, 6) is 0. The van der Waals surface area contributed by atoms with Crippen molar-refractivity contribution in [3.8, 4) is 61.3 Å². The predicted molar refractivity (Wildman–Crippen MR) is 299 cm³/mol. The molecule has 340 valence electrons. The minimum atomic E-state index is -0.239. The fourth-order valence-corrected chi connectivity index (χ4v) is 13.0. The van der Waals surface area contributed by atoms with Gasteiger partial charge in [0.2, 0.25) is 0 Å². The molecule has 1 aromatic heterocycles. The highest BCUT2D eigenvalue weighted by Crippen LogP contribution is 2.54. The summed E-state index contributed by atoms with van der Waals surface area (Å²) >= 11 is 0. The van der Waals surface area contributed by atoms with Crippen molar-refractivity contribution >= 4 is 38.9 Å². The van der Waals surface area contributed by atoms with Crippen molar-refractivity contribution < 1.29 is 0 Å². The summed E-state index contributed by atoms with van der Waals surface area (Å²) in [7, 11) is 0. The molecule has 0 spiro atoms. The highest BCUT2D eigenvalue weighted by atomic mass is 15.1. The first-order chi connectivity index (χ1) is 34.5. The van der Waals surface area contributed by atoms with E-state index in [9.17, 15) is 0 Å². The van der Waals surface area contributed by atoms with Crippen LogP contribution in [0.3, 0.4) is 0 Å². The van der Waals surface area contributed by atoms with E-state index in [0.29, 0.717) is 0 Å². The average Bonchev–Trinajstić information content (AvgIpc) is 4.02. The van der Waals surface area contributed by atoms with Crippen LogP contribution in [0.2, 0.25) is 0 Å². The zero-order valence-corrected chi connectivity index (χ0v) is 41.2. The molecule has 10 aromatic carbocycles. The number of hydrogen-bond acceptors (Lipinski definition) is 1. The van der Waals surface area contributed by atoms with Crippen molar-refractivity contribution in [2.45, 2.75) is 57.8 Å². The molecule has 71 heavy (non-hydrogen) atoms. The molecule has 0 fully saturated rings. The molecule has 0 amide bonds. The van der Waals surface area contributed by atoms with Gasteiger partial charge in [0.25, 0.3) is 0 Å². The SMILES string of the molecule is CC1(C)c2ccccc2-c2ccc(-c3ccc(N(c4ccc(-c5ccc6c(c5)C(C)(C)c5ccccc5-6)cc4)c4ccc5c(c4)C(C)(C)c4cc(-n6c7ccccc7c7ccccc76)ccc4-5)cc3)cc21. The molecule has 3 aliphatic carbocycles. The fraction of sp³-hybridized carbons (Fsp3) is 0.130. The van der Waals surface area contributed by atoms with Crippen LogP contribution in [0.1, 0.15) is 74.9 Å². The maximum Gasteiger partial charge on any atom is 0.0541 e. The Hall–Kier alpha value is -8.20. The van der Waals surface area contributed by atoms with Gasteiger partial charge in [0.1, 0.15) is 0 Å². The smallest absolute Gasteiger partial charge is 0.0541 e. The van der Waals surface area contributed by atoms with Crippen LogP contribution in [0, 0.1) is 0 Å². The van der Waals surface area contributed by atoms with Crippen LogP contribution in [0.5, 0.6) is 0 Å². The van der Waals surface area contributed by atoms with Gasteiger partial charge in [0.05, 0.1) is 11.0 Å². The van der Waals surface area contributed by atoms with Gasteiger partial charge in [0, 0.05) is 49.8 Å². The van der Waals surface area contributed by atoms with Gasteiger partial charge < -0.3 is 9.47 Å². The number of para-hydroxylation sites is 2. The predicted octanol–water partition coefficient (Wildman–Crippen LogP) is 18.5. The lowest BCUT2D eigenvalue weighted by Gasteiger charge is -2.28. The zero-order chi connectivity index (χ0) is 48.0. The summed E-state index contributed by atoms with van der Waals surface area (Å²) in [5.41, 5.74) is 27.9. The molecule has 0 atom stereocenters. The minimum Gasteiger partial charge on any atom is -0.310 e. The molecular weight excluding hydrogens is 857 g/mol. The quantitative estimate of drug-likeness (QED) is 0.161. The van der Waals surface area contributed by atoms with Crippen molar-refractivity contribution in [2.24, 2.45) is 0 Å². The second-order valence-electron chi connectivity index (χ2n) is 21.7. The molecular formula is C69H54N2. The van der Waals surface area contributed by atoms with E-state index < -0.39 is 0 Å². The second-order valence-corrected chi connectivity index (χ2v) is 21.7. The Bertz CT molecular complexity index is 3800. The number of hydrogen-bond donors (Lipinski definition) is 0. The molecule has 0 aliphatic heterocycles. The van der Waals surface area contributed by atoms with Gasteiger partial charge in [-0.2, -0.15) is 0 Å². The molecule has 2 nitrogen and oxygen atoms in total. The number of aromatic nitrogens is 1. The summed E-state index contributed by atoms with van der Waals surface area (Å²) in [6.45, 7) is 14.2. The molecule has 14 rings (SSSR count). The van der Waals surface area contributed by atoms with Crippen molar-refractivity contribution in [1.29, 1.82) is 0 Å². The highest BCUT2D eigenvalue weighted by molar-refractivity contribution is 6.09. The third-order valence-electron chi connectivity index (χ3n) is 16.8. The number of nitrogens with zero attached hydrogens (tertiary/aromatic N) is 2. The van der Waals surface area contributed by atoms with Crippen LogP contribution < -0.4 is 4.90 Å². The first-order valence-corrected chi connectivity index (χ1v) is 25.2. The number of anilines is 3. The molecule has 1 heterocycles. The van der Waals surface area contributed by atoms with Crippen molar-refractivity contribution in [3.63, 3.8) is 0 Å². The summed E-state index contributed by atoms with van der Waals surface area (Å²) in [6.07, 6.45) is 0. The van der Waals surface area contributed by atoms with E-state index in [1.54, 1.807) is 0 Å². The first kappa shape index (κ1) is 41.7. The Morgan fingerprint density at radius 3 is 1.14 bits per heavy atom. The van der Waals surface area contributed by atoms with Crippen LogP contribution in [0.15, 0.2) is 218 Å². The van der Waals surface area contributed by atoms with E-state index in [4.69, 9.17) is 0 Å². The Morgan fingerprint density at radius 2 is 0.634 bits per heavy atom. The molecule has 0 N–H and O–H groups in total. The van der Waals surface area contributed by atoms with Gasteiger partial charge in [-0.15, -0.1) is 0 Å². The Morgan fingerprint density at radius 1 is 0.282 bits per heavy atom. The third-order valence-corrected chi connectivity index (χ3v) is 16.8. The van der Waals surface area contributed by atoms with E-state index >= 15 is 0 Å². The normalized spacial score (nSPS) is 15.0. The molecule has 2 heteroatoms. The maximum absolute atomic E-state index is 2.46. The summed E-state index contributed by atoms with van der Waals surface area (Å²) < 4.78 is 2.44. The molecule has 0 saturated carbocycles. The van der Waals surface area contributed by atoms with E-state index in [1.807, 2.05) is 0 Å². The Labute approximate surface area is 417 Å². The summed E-state index contributed by atoms with van der Waals surface area (Å²) in [5, 5.41) is 2.56. The minimum absolute atomic E-state index is 0.0561. The van der Waals surface area contributed by atoms with Crippen LogP contribution in [0.25, 0.3) is 83.1 Å². The molecule has 11 aromatic rings. The summed E-state index contributed by atoms with van der Waals surface area (Å²) in [6, 6.07) is 82.2. The average molecular weight is 911 g/mol. The number of rotatable bonds is 6. The van der Waals surface area contributed by atoms with E-state index in [2.05, 4.69) is 269 Å². The third kappa shape index (κ3) is 6.01. The first-order valence-electron chi connectivity index (χ1n) is 25.2. The Balaban J connectivity index is 0.857. The Kier molecular flexibility index (Phi) is 8.76. The van der Waals surface area contributed by atoms with E-state index in [1.165, 1.54) is 117 Å². The van der Waals surface area contributed by atoms with Crippen molar-refractivity contribution in [1.82, 2.24) is 4.57 Å². The fourth-order valence-electron chi connectivity index (χ4n) is 13.0. The van der Waals surface area contributed by atoms with Gasteiger partial charge in [-0.25, -0.2) is 0 Å². The monoisotopic (exact) mass is 910 g/mol. The number of benzene rings is 10. The molecule has 0 saturated heterocycles. The van der Waals surface area contributed by atoms with Gasteiger partial charge >= 0.3 is 0 Å². The van der Waals surface area contributed by atoms with Gasteiger partial charge in [-0.3, -0.25) is 0 Å². The van der Waals surface area contributed by atoms with Crippen LogP contribution in [-0.4, -0.2) is 4.57 Å². The maximum atomic E-state index is 2.46. The van der Waals surface area contributed by atoms with E-state index in [0.717, 1.165) is 17.1 Å². The zero-order valence-electron chi connectivity index (χ0n) is 41.2. The largest absolute Gasteiger partial charge is 0.310 e. The molecule has 0 unspecified atom stereocenters. The van der Waals surface area contributed by atoms with E-state index in [-0.39, 0.29) is 16.2 Å². The molecule has 0 radical (unpaired) electrons. The lowest BCUT2D eigenvalue weighted by Crippen LogP contribution is -2.17. The van der Waals surface area contributed by atoms with Crippen LogP contribution in [-0.2, 0) is 16.2 Å². The standard InChI is InChI=1S/C69H54N2/c1-67(2)59-19-11-7-15-51(59)53-35-27-45(39-61(53)67)43-23-29-47(30-24-43)70(48-31-25-44(26-32-48)46-28-36-54-52-16-8-12-20-60(52)68(3,4)62(54)40-46)49-33-37-55-56-38-34-50(42-64(56)69(5,6)63(55)41-49)71-65-21-13-9-17-57(65)58-18-10-14-22-66(58)71/h7-42H,1-6H3. The topological polar surface area (TPSA) is 8.17 Å². The van der Waals surface area contributed by atoms with Crippen molar-refractivity contribution in [3.05, 3.63) is 252 Å². The van der Waals surface area contributed by atoms with Crippen LogP contribution in [0.4, 0.5) is 17.1 Å². The lowest BCUT2D eigenvalue weighted by molar-refractivity contribution is 0.660.